The largest absolute Gasteiger partial charge is 0.369 e. The van der Waals surface area contributed by atoms with Crippen LogP contribution in [0.15, 0.2) is 102 Å². The molecule has 6 rings (SSSR count). The zero-order valence-corrected chi connectivity index (χ0v) is 23.8. The first-order valence-corrected chi connectivity index (χ1v) is 14.4. The number of nitrogens with zero attached hydrogens (tertiary/aromatic N) is 2. The summed E-state index contributed by atoms with van der Waals surface area (Å²) in [6.45, 7) is 3.55. The van der Waals surface area contributed by atoms with E-state index in [4.69, 9.17) is 0 Å². The summed E-state index contributed by atoms with van der Waals surface area (Å²) in [6, 6.07) is 27.1. The Balaban J connectivity index is 1.29. The molecule has 3 aromatic carbocycles. The Kier molecular flexibility index (Phi) is 7.75. The van der Waals surface area contributed by atoms with Gasteiger partial charge in [0.2, 0.25) is 5.91 Å². The average Bonchev–Trinajstić information content (AvgIpc) is 3.01. The number of pyridine rings is 1. The summed E-state index contributed by atoms with van der Waals surface area (Å²) < 4.78 is 1.89. The van der Waals surface area contributed by atoms with Crippen molar-refractivity contribution in [1.82, 2.24) is 4.57 Å². The van der Waals surface area contributed by atoms with E-state index in [0.717, 1.165) is 29.9 Å². The maximum absolute atomic E-state index is 13.3. The Morgan fingerprint density at radius 3 is 2.44 bits per heavy atom. The second-order valence-corrected chi connectivity index (χ2v) is 11.2. The first kappa shape index (κ1) is 27.9. The van der Waals surface area contributed by atoms with E-state index in [1.807, 2.05) is 53.1 Å². The van der Waals surface area contributed by atoms with Gasteiger partial charge in [0.1, 0.15) is 0 Å². The molecule has 8 heteroatoms. The van der Waals surface area contributed by atoms with Crippen LogP contribution in [0.1, 0.15) is 51.2 Å². The molecule has 43 heavy (non-hydrogen) atoms. The number of fused-ring (bicyclic) bond motifs is 4. The van der Waals surface area contributed by atoms with Crippen LogP contribution in [0, 0.1) is 5.92 Å². The molecular weight excluding hydrogens is 540 g/mol. The van der Waals surface area contributed by atoms with Gasteiger partial charge in [-0.3, -0.25) is 19.2 Å². The minimum Gasteiger partial charge on any atom is -0.369 e. The number of nitrogens with one attached hydrogen (secondary N) is 2. The predicted molar refractivity (Wildman–Crippen MR) is 169 cm³/mol. The Morgan fingerprint density at radius 2 is 1.63 bits per heavy atom. The number of rotatable bonds is 7. The average molecular weight is 573 g/mol. The molecule has 1 fully saturated rings. The van der Waals surface area contributed by atoms with E-state index in [9.17, 15) is 19.2 Å². The summed E-state index contributed by atoms with van der Waals surface area (Å²) in [7, 11) is 0. The molecular formula is C35H32N4O4. The molecule has 1 aromatic heterocycles. The van der Waals surface area contributed by atoms with Crippen LogP contribution in [0.4, 0.5) is 17.1 Å². The highest BCUT2D eigenvalue weighted by molar-refractivity contribution is 6.08. The van der Waals surface area contributed by atoms with Crippen molar-refractivity contribution in [2.24, 2.45) is 5.92 Å². The van der Waals surface area contributed by atoms with E-state index < -0.39 is 0 Å². The van der Waals surface area contributed by atoms with Gasteiger partial charge in [0.05, 0.1) is 11.4 Å². The number of ketones is 1. The Hall–Kier alpha value is -5.24. The summed E-state index contributed by atoms with van der Waals surface area (Å²) in [6.07, 6.45) is 4.22. The van der Waals surface area contributed by atoms with Crippen molar-refractivity contribution in [1.29, 1.82) is 0 Å². The van der Waals surface area contributed by atoms with Crippen LogP contribution in [0.2, 0.25) is 0 Å². The molecule has 2 amide bonds. The molecule has 2 bridgehead atoms. The van der Waals surface area contributed by atoms with E-state index in [0.29, 0.717) is 35.6 Å². The van der Waals surface area contributed by atoms with Gasteiger partial charge in [-0.15, -0.1) is 0 Å². The van der Waals surface area contributed by atoms with Crippen LogP contribution in [0.25, 0.3) is 6.08 Å². The van der Waals surface area contributed by atoms with Crippen molar-refractivity contribution in [2.75, 3.05) is 28.6 Å². The second kappa shape index (κ2) is 11.9. The Morgan fingerprint density at radius 1 is 0.814 bits per heavy atom. The number of anilines is 3. The normalized spacial score (nSPS) is 17.3. The minimum atomic E-state index is -0.355. The van der Waals surface area contributed by atoms with Crippen molar-refractivity contribution in [3.05, 3.63) is 130 Å². The molecule has 0 aliphatic carbocycles. The molecule has 2 atom stereocenters. The number of carbonyl (C=O) groups excluding carboxylic acids is 3. The number of amides is 2. The predicted octanol–water partition coefficient (Wildman–Crippen LogP) is 5.58. The topological polar surface area (TPSA) is 101 Å². The van der Waals surface area contributed by atoms with Gasteiger partial charge in [-0.25, -0.2) is 0 Å². The zero-order chi connectivity index (χ0) is 29.9. The maximum atomic E-state index is 13.3. The summed E-state index contributed by atoms with van der Waals surface area (Å²) >= 11 is 0. The zero-order valence-electron chi connectivity index (χ0n) is 23.8. The van der Waals surface area contributed by atoms with Crippen molar-refractivity contribution >= 4 is 40.7 Å². The summed E-state index contributed by atoms with van der Waals surface area (Å²) in [5.41, 5.74) is 4.69. The van der Waals surface area contributed by atoms with Crippen LogP contribution in [0.5, 0.6) is 0 Å². The van der Waals surface area contributed by atoms with Gasteiger partial charge >= 0.3 is 0 Å². The molecule has 2 unspecified atom stereocenters. The van der Waals surface area contributed by atoms with E-state index >= 15 is 0 Å². The van der Waals surface area contributed by atoms with Gasteiger partial charge < -0.3 is 20.1 Å². The van der Waals surface area contributed by atoms with E-state index in [1.54, 1.807) is 48.5 Å². The standard InChI is InChI=1S/C35H32N4O4/c1-23(40)26-9-5-10-29(18-26)36-35(43)27-14-15-32(30(19-27)37-33(41)16-13-24-7-3-2-4-8-24)38-20-25-17-28(22-38)31-11-6-12-34(42)39(31)21-25/h2-16,18-19,25,28H,17,20-22H2,1H3,(H,36,43)(H,37,41)/b16-13+. The van der Waals surface area contributed by atoms with Gasteiger partial charge in [0, 0.05) is 60.2 Å². The van der Waals surface area contributed by atoms with Crippen molar-refractivity contribution in [2.45, 2.75) is 25.8 Å². The molecule has 216 valence electrons. The van der Waals surface area contributed by atoms with Gasteiger partial charge in [-0.05, 0) is 67.3 Å². The quantitative estimate of drug-likeness (QED) is 0.223. The van der Waals surface area contributed by atoms with Crippen LogP contribution in [-0.2, 0) is 11.3 Å². The highest BCUT2D eigenvalue weighted by atomic mass is 16.2. The van der Waals surface area contributed by atoms with E-state index in [1.165, 1.54) is 13.0 Å². The lowest BCUT2D eigenvalue weighted by atomic mass is 9.83. The lowest BCUT2D eigenvalue weighted by molar-refractivity contribution is -0.111. The fourth-order valence-corrected chi connectivity index (χ4v) is 6.08. The van der Waals surface area contributed by atoms with E-state index in [-0.39, 0.29) is 35.0 Å². The van der Waals surface area contributed by atoms with Crippen LogP contribution in [0.3, 0.4) is 0 Å². The van der Waals surface area contributed by atoms with Gasteiger partial charge in [0.15, 0.2) is 5.78 Å². The molecule has 2 aliphatic rings. The number of hydrogen-bond acceptors (Lipinski definition) is 5. The molecule has 8 nitrogen and oxygen atoms in total. The van der Waals surface area contributed by atoms with Crippen LogP contribution >= 0.6 is 0 Å². The monoisotopic (exact) mass is 572 g/mol. The number of aromatic nitrogens is 1. The number of hydrogen-bond donors (Lipinski definition) is 2. The van der Waals surface area contributed by atoms with Crippen molar-refractivity contribution < 1.29 is 14.4 Å². The molecule has 2 aliphatic heterocycles. The fraction of sp³-hybridized carbons (Fsp3) is 0.200. The molecule has 1 saturated heterocycles. The third-order valence-electron chi connectivity index (χ3n) is 8.09. The number of carbonyl (C=O) groups is 3. The highest BCUT2D eigenvalue weighted by Gasteiger charge is 2.35. The SMILES string of the molecule is CC(=O)c1cccc(NC(=O)c2ccc(N3CC4CC(C3)c3cccc(=O)n3C4)c(NC(=O)/C=C/c3ccccc3)c2)c1. The number of piperidine rings is 1. The summed E-state index contributed by atoms with van der Waals surface area (Å²) in [5, 5.41) is 5.87. The summed E-state index contributed by atoms with van der Waals surface area (Å²) in [5.74, 6) is -0.297. The Labute approximate surface area is 249 Å². The third kappa shape index (κ3) is 6.18. The summed E-state index contributed by atoms with van der Waals surface area (Å²) in [4.78, 5) is 53.0. The minimum absolute atomic E-state index is 0.0306. The molecule has 0 spiro atoms. The third-order valence-corrected chi connectivity index (χ3v) is 8.09. The molecule has 2 N–H and O–H groups in total. The molecule has 4 aromatic rings. The number of benzene rings is 3. The lowest BCUT2D eigenvalue weighted by Gasteiger charge is -2.44. The smallest absolute Gasteiger partial charge is 0.255 e. The van der Waals surface area contributed by atoms with Gasteiger partial charge in [0.25, 0.3) is 11.5 Å². The first-order valence-electron chi connectivity index (χ1n) is 14.4. The maximum Gasteiger partial charge on any atom is 0.255 e. The highest BCUT2D eigenvalue weighted by Crippen LogP contribution is 2.39. The first-order chi connectivity index (χ1) is 20.8. The van der Waals surface area contributed by atoms with Crippen molar-refractivity contribution in [3.63, 3.8) is 0 Å². The molecule has 0 saturated carbocycles. The Bertz CT molecular complexity index is 1790. The molecule has 0 radical (unpaired) electrons. The van der Waals surface area contributed by atoms with Crippen LogP contribution < -0.4 is 21.1 Å². The van der Waals surface area contributed by atoms with E-state index in [2.05, 4.69) is 15.5 Å². The van der Waals surface area contributed by atoms with Crippen molar-refractivity contribution in [3.8, 4) is 0 Å². The van der Waals surface area contributed by atoms with Gasteiger partial charge in [-0.2, -0.15) is 0 Å². The second-order valence-electron chi connectivity index (χ2n) is 11.2. The fourth-order valence-electron chi connectivity index (χ4n) is 6.08. The lowest BCUT2D eigenvalue weighted by Crippen LogP contribution is -2.47. The van der Waals surface area contributed by atoms with Gasteiger partial charge in [-0.1, -0.05) is 48.5 Å². The molecule has 3 heterocycles. The van der Waals surface area contributed by atoms with Crippen LogP contribution in [-0.4, -0.2) is 35.3 Å². The number of Topliss-reactive ketones (excluding diaryl/α,β-unsaturated/α-hetero) is 1.